The normalized spacial score (nSPS) is 11.0. The number of fused-ring (bicyclic) bond motifs is 1. The lowest BCUT2D eigenvalue weighted by Gasteiger charge is -2.07. The molecule has 0 aliphatic heterocycles. The van der Waals surface area contributed by atoms with Gasteiger partial charge in [-0.1, -0.05) is 18.2 Å². The van der Waals surface area contributed by atoms with E-state index in [1.807, 2.05) is 41.1 Å². The number of hydrogen-bond acceptors (Lipinski definition) is 5. The van der Waals surface area contributed by atoms with Gasteiger partial charge in [-0.15, -0.1) is 0 Å². The number of aromatic nitrogens is 6. The van der Waals surface area contributed by atoms with Gasteiger partial charge in [-0.3, -0.25) is 0 Å². The third-order valence-electron chi connectivity index (χ3n) is 3.19. The van der Waals surface area contributed by atoms with Crippen LogP contribution in [0.3, 0.4) is 0 Å². The van der Waals surface area contributed by atoms with Crippen molar-refractivity contribution in [2.75, 3.05) is 5.73 Å². The number of nitrogens with zero attached hydrogens (tertiary/aromatic N) is 5. The molecule has 3 N–H and O–H groups in total. The fourth-order valence-electron chi connectivity index (χ4n) is 2.29. The lowest BCUT2D eigenvalue weighted by Crippen LogP contribution is -2.03. The van der Waals surface area contributed by atoms with E-state index < -0.39 is 0 Å². The van der Waals surface area contributed by atoms with E-state index in [9.17, 15) is 0 Å². The molecular weight excluding hydrogens is 266 g/mol. The Balaban J connectivity index is 1.99. The van der Waals surface area contributed by atoms with E-state index in [1.165, 1.54) is 0 Å². The summed E-state index contributed by atoms with van der Waals surface area (Å²) in [7, 11) is 0. The number of imidazole rings is 1. The SMILES string of the molecule is Nc1nc(-c2ccnn2-c2ccccc2)c2[nH]cnc2n1. The molecule has 0 saturated carbocycles. The van der Waals surface area contributed by atoms with Crippen LogP contribution in [0.1, 0.15) is 0 Å². The van der Waals surface area contributed by atoms with Gasteiger partial charge in [0.25, 0.3) is 0 Å². The highest BCUT2D eigenvalue weighted by Crippen LogP contribution is 2.26. The minimum Gasteiger partial charge on any atom is -0.368 e. The van der Waals surface area contributed by atoms with Gasteiger partial charge in [-0.05, 0) is 18.2 Å². The summed E-state index contributed by atoms with van der Waals surface area (Å²) in [5.41, 5.74) is 9.50. The molecule has 0 amide bonds. The molecule has 0 saturated heterocycles. The lowest BCUT2D eigenvalue weighted by atomic mass is 10.2. The summed E-state index contributed by atoms with van der Waals surface area (Å²) < 4.78 is 1.81. The summed E-state index contributed by atoms with van der Waals surface area (Å²) in [4.78, 5) is 15.6. The van der Waals surface area contributed by atoms with E-state index in [0.29, 0.717) is 11.3 Å². The zero-order chi connectivity index (χ0) is 14.2. The third kappa shape index (κ3) is 1.83. The number of para-hydroxylation sites is 1. The molecule has 7 nitrogen and oxygen atoms in total. The molecule has 7 heteroatoms. The molecule has 0 bridgehead atoms. The largest absolute Gasteiger partial charge is 0.368 e. The van der Waals surface area contributed by atoms with Crippen LogP contribution in [0.25, 0.3) is 28.2 Å². The van der Waals surface area contributed by atoms with E-state index in [1.54, 1.807) is 12.5 Å². The number of nitrogens with two attached hydrogens (primary N) is 1. The van der Waals surface area contributed by atoms with Gasteiger partial charge in [-0.25, -0.2) is 14.6 Å². The second-order valence-electron chi connectivity index (χ2n) is 4.50. The molecule has 0 atom stereocenters. The Bertz CT molecular complexity index is 907. The van der Waals surface area contributed by atoms with Crippen LogP contribution < -0.4 is 5.73 Å². The molecular formula is C14H11N7. The molecule has 4 aromatic rings. The van der Waals surface area contributed by atoms with E-state index in [0.717, 1.165) is 16.9 Å². The second kappa shape index (κ2) is 4.41. The molecule has 0 fully saturated rings. The van der Waals surface area contributed by atoms with Crippen LogP contribution in [0.15, 0.2) is 48.9 Å². The summed E-state index contributed by atoms with van der Waals surface area (Å²) in [6, 6.07) is 11.7. The number of rotatable bonds is 2. The Labute approximate surface area is 119 Å². The number of H-pyrrole nitrogens is 1. The van der Waals surface area contributed by atoms with Crippen LogP contribution in [0.5, 0.6) is 0 Å². The van der Waals surface area contributed by atoms with Gasteiger partial charge in [0, 0.05) is 0 Å². The van der Waals surface area contributed by atoms with E-state index in [-0.39, 0.29) is 5.95 Å². The van der Waals surface area contributed by atoms with Crippen LogP contribution in [-0.4, -0.2) is 29.7 Å². The first-order chi connectivity index (χ1) is 10.3. The minimum absolute atomic E-state index is 0.186. The first-order valence-electron chi connectivity index (χ1n) is 6.39. The van der Waals surface area contributed by atoms with E-state index in [4.69, 9.17) is 5.73 Å². The number of aromatic amines is 1. The number of nitrogen functional groups attached to an aromatic ring is 1. The van der Waals surface area contributed by atoms with Crippen molar-refractivity contribution < 1.29 is 0 Å². The molecule has 0 radical (unpaired) electrons. The Morgan fingerprint density at radius 1 is 1.05 bits per heavy atom. The Morgan fingerprint density at radius 2 is 1.90 bits per heavy atom. The van der Waals surface area contributed by atoms with Gasteiger partial charge in [0.15, 0.2) is 5.65 Å². The van der Waals surface area contributed by atoms with Crippen LogP contribution in [0.4, 0.5) is 5.95 Å². The van der Waals surface area contributed by atoms with Gasteiger partial charge >= 0.3 is 0 Å². The van der Waals surface area contributed by atoms with Crippen molar-refractivity contribution in [3.63, 3.8) is 0 Å². The smallest absolute Gasteiger partial charge is 0.222 e. The number of anilines is 1. The quantitative estimate of drug-likeness (QED) is 0.582. The fraction of sp³-hybridized carbons (Fsp3) is 0. The van der Waals surface area contributed by atoms with Gasteiger partial charge in [0.1, 0.15) is 11.2 Å². The predicted octanol–water partition coefficient (Wildman–Crippen LogP) is 1.79. The average Bonchev–Trinajstić information content (AvgIpc) is 3.16. The summed E-state index contributed by atoms with van der Waals surface area (Å²) >= 11 is 0. The Kier molecular flexibility index (Phi) is 2.43. The summed E-state index contributed by atoms with van der Waals surface area (Å²) in [6.07, 6.45) is 3.30. The monoisotopic (exact) mass is 277 g/mol. The third-order valence-corrected chi connectivity index (χ3v) is 3.19. The first kappa shape index (κ1) is 11.6. The molecule has 0 unspecified atom stereocenters. The zero-order valence-corrected chi connectivity index (χ0v) is 10.9. The van der Waals surface area contributed by atoms with Gasteiger partial charge in [0.05, 0.1) is 23.9 Å². The molecule has 0 aliphatic rings. The lowest BCUT2D eigenvalue weighted by molar-refractivity contribution is 0.884. The Hall–Kier alpha value is -3.22. The molecule has 102 valence electrons. The van der Waals surface area contributed by atoms with Crippen molar-refractivity contribution in [3.05, 3.63) is 48.9 Å². The van der Waals surface area contributed by atoms with Crippen molar-refractivity contribution in [2.24, 2.45) is 0 Å². The molecule has 21 heavy (non-hydrogen) atoms. The van der Waals surface area contributed by atoms with Crippen molar-refractivity contribution in [3.8, 4) is 17.1 Å². The highest BCUT2D eigenvalue weighted by Gasteiger charge is 2.15. The van der Waals surface area contributed by atoms with Crippen molar-refractivity contribution >= 4 is 17.1 Å². The summed E-state index contributed by atoms with van der Waals surface area (Å²) in [5, 5.41) is 4.36. The second-order valence-corrected chi connectivity index (χ2v) is 4.50. The topological polar surface area (TPSA) is 98.3 Å². The van der Waals surface area contributed by atoms with Gasteiger partial charge in [-0.2, -0.15) is 10.1 Å². The van der Waals surface area contributed by atoms with Crippen molar-refractivity contribution in [2.45, 2.75) is 0 Å². The predicted molar refractivity (Wildman–Crippen MR) is 78.7 cm³/mol. The van der Waals surface area contributed by atoms with Crippen molar-refractivity contribution in [1.82, 2.24) is 29.7 Å². The van der Waals surface area contributed by atoms with Gasteiger partial charge in [0.2, 0.25) is 5.95 Å². The van der Waals surface area contributed by atoms with Gasteiger partial charge < -0.3 is 10.7 Å². The van der Waals surface area contributed by atoms with Crippen LogP contribution in [0, 0.1) is 0 Å². The van der Waals surface area contributed by atoms with E-state index >= 15 is 0 Å². The maximum absolute atomic E-state index is 5.77. The standard InChI is InChI=1S/C14H11N7/c15-14-19-11(12-13(20-14)17-8-16-12)10-6-7-18-21(10)9-4-2-1-3-5-9/h1-8H,(H3,15,16,17,19,20). The Morgan fingerprint density at radius 3 is 2.76 bits per heavy atom. The van der Waals surface area contributed by atoms with Crippen LogP contribution in [0.2, 0.25) is 0 Å². The molecule has 4 rings (SSSR count). The first-order valence-corrected chi connectivity index (χ1v) is 6.39. The number of hydrogen-bond donors (Lipinski definition) is 2. The molecule has 3 heterocycles. The average molecular weight is 277 g/mol. The maximum atomic E-state index is 5.77. The fourth-order valence-corrected chi connectivity index (χ4v) is 2.29. The highest BCUT2D eigenvalue weighted by molar-refractivity contribution is 5.87. The number of nitrogens with one attached hydrogen (secondary N) is 1. The molecule has 3 aromatic heterocycles. The van der Waals surface area contributed by atoms with Crippen LogP contribution in [-0.2, 0) is 0 Å². The minimum atomic E-state index is 0.186. The summed E-state index contributed by atoms with van der Waals surface area (Å²) in [6.45, 7) is 0. The van der Waals surface area contributed by atoms with Crippen molar-refractivity contribution in [1.29, 1.82) is 0 Å². The maximum Gasteiger partial charge on any atom is 0.222 e. The number of benzene rings is 1. The highest BCUT2D eigenvalue weighted by atomic mass is 15.3. The molecule has 0 spiro atoms. The molecule has 1 aromatic carbocycles. The van der Waals surface area contributed by atoms with E-state index in [2.05, 4.69) is 25.0 Å². The summed E-state index contributed by atoms with van der Waals surface area (Å²) in [5.74, 6) is 0.186. The van der Waals surface area contributed by atoms with Crippen LogP contribution >= 0.6 is 0 Å². The molecule has 0 aliphatic carbocycles. The zero-order valence-electron chi connectivity index (χ0n) is 10.9.